The van der Waals surface area contributed by atoms with Crippen LogP contribution in [0.1, 0.15) is 45.4 Å². The van der Waals surface area contributed by atoms with E-state index in [9.17, 15) is 9.59 Å². The molecule has 4 saturated carbocycles. The van der Waals surface area contributed by atoms with Gasteiger partial charge in [-0.2, -0.15) is 0 Å². The molecule has 0 spiro atoms. The summed E-state index contributed by atoms with van der Waals surface area (Å²) in [4.78, 5) is 25.5. The highest BCUT2D eigenvalue weighted by Crippen LogP contribution is 2.60. The van der Waals surface area contributed by atoms with E-state index in [-0.39, 0.29) is 17.2 Å². The molecular weight excluding hydrogens is 328 g/mol. The van der Waals surface area contributed by atoms with Gasteiger partial charge in [0.25, 0.3) is 0 Å². The van der Waals surface area contributed by atoms with E-state index in [1.54, 1.807) is 38.3 Å². The zero-order valence-corrected chi connectivity index (χ0v) is 15.6. The van der Waals surface area contributed by atoms with Gasteiger partial charge in [-0.1, -0.05) is 0 Å². The predicted molar refractivity (Wildman–Crippen MR) is 99.8 cm³/mol. The number of anilines is 1. The normalized spacial score (nSPS) is 32.8. The number of carbonyl (C=O) groups excluding carboxylic acids is 2. The van der Waals surface area contributed by atoms with Crippen molar-refractivity contribution in [2.75, 3.05) is 12.4 Å². The molecule has 4 bridgehead atoms. The number of benzene rings is 1. The van der Waals surface area contributed by atoms with Crippen LogP contribution in [0.15, 0.2) is 24.3 Å². The molecule has 1 atom stereocenters. The number of amides is 2. The van der Waals surface area contributed by atoms with Crippen molar-refractivity contribution >= 4 is 17.5 Å². The van der Waals surface area contributed by atoms with Gasteiger partial charge in [0.15, 0.2) is 0 Å². The van der Waals surface area contributed by atoms with Crippen molar-refractivity contribution in [3.05, 3.63) is 24.3 Å². The van der Waals surface area contributed by atoms with Gasteiger partial charge in [0.2, 0.25) is 11.8 Å². The Bertz CT molecular complexity index is 662. The van der Waals surface area contributed by atoms with Crippen LogP contribution in [0.3, 0.4) is 0 Å². The summed E-state index contributed by atoms with van der Waals surface area (Å²) in [7, 11) is 1.61. The van der Waals surface area contributed by atoms with Gasteiger partial charge in [0.05, 0.1) is 7.11 Å². The molecule has 26 heavy (non-hydrogen) atoms. The Kier molecular flexibility index (Phi) is 4.41. The van der Waals surface area contributed by atoms with E-state index >= 15 is 0 Å². The molecule has 0 unspecified atom stereocenters. The van der Waals surface area contributed by atoms with Crippen LogP contribution < -0.4 is 15.4 Å². The number of ether oxygens (including phenoxy) is 1. The molecule has 4 fully saturated rings. The van der Waals surface area contributed by atoms with E-state index in [2.05, 4.69) is 10.6 Å². The lowest BCUT2D eigenvalue weighted by Crippen LogP contribution is -2.56. The molecule has 5 nitrogen and oxygen atoms in total. The quantitative estimate of drug-likeness (QED) is 0.850. The SMILES string of the molecule is COc1ccc(NC(=O)[C@@H](C)NC(=O)C23CC4CC(CC(C4)C2)C3)cc1. The molecule has 140 valence electrons. The van der Waals surface area contributed by atoms with Crippen LogP contribution in [0, 0.1) is 23.2 Å². The molecule has 0 heterocycles. The molecular formula is C21H28N2O3. The average Bonchev–Trinajstić information content (AvgIpc) is 2.61. The van der Waals surface area contributed by atoms with Crippen molar-refractivity contribution in [3.63, 3.8) is 0 Å². The van der Waals surface area contributed by atoms with Gasteiger partial charge in [-0.15, -0.1) is 0 Å². The van der Waals surface area contributed by atoms with E-state index in [4.69, 9.17) is 4.74 Å². The third kappa shape index (κ3) is 3.19. The number of nitrogens with one attached hydrogen (secondary N) is 2. The van der Waals surface area contributed by atoms with E-state index < -0.39 is 6.04 Å². The second-order valence-electron chi connectivity index (χ2n) is 8.61. The first-order chi connectivity index (χ1) is 12.5. The second kappa shape index (κ2) is 6.60. The number of hydrogen-bond acceptors (Lipinski definition) is 3. The maximum atomic E-state index is 13.0. The largest absolute Gasteiger partial charge is 0.497 e. The van der Waals surface area contributed by atoms with Gasteiger partial charge < -0.3 is 15.4 Å². The first kappa shape index (κ1) is 17.4. The maximum Gasteiger partial charge on any atom is 0.246 e. The van der Waals surface area contributed by atoms with Gasteiger partial charge in [0.1, 0.15) is 11.8 Å². The van der Waals surface area contributed by atoms with E-state index in [0.29, 0.717) is 5.69 Å². The Morgan fingerprint density at radius 2 is 1.58 bits per heavy atom. The Morgan fingerprint density at radius 3 is 2.08 bits per heavy atom. The standard InChI is InChI=1S/C21H28N2O3/c1-13(19(24)23-17-3-5-18(26-2)6-4-17)22-20(25)21-10-14-7-15(11-21)9-16(8-14)12-21/h3-6,13-16H,7-12H2,1-2H3,(H,22,25)(H,23,24)/t13-,14?,15?,16?,21?/m1/s1. The Balaban J connectivity index is 1.37. The molecule has 1 aromatic rings. The monoisotopic (exact) mass is 356 g/mol. The van der Waals surface area contributed by atoms with Crippen LogP contribution in [-0.4, -0.2) is 25.0 Å². The second-order valence-corrected chi connectivity index (χ2v) is 8.61. The summed E-state index contributed by atoms with van der Waals surface area (Å²) in [6.45, 7) is 1.76. The lowest BCUT2D eigenvalue weighted by Gasteiger charge is -2.55. The Labute approximate surface area is 154 Å². The van der Waals surface area contributed by atoms with Gasteiger partial charge in [-0.3, -0.25) is 9.59 Å². The highest BCUT2D eigenvalue weighted by molar-refractivity contribution is 5.97. The summed E-state index contributed by atoms with van der Waals surface area (Å²) in [6, 6.07) is 6.65. The summed E-state index contributed by atoms with van der Waals surface area (Å²) < 4.78 is 5.12. The fourth-order valence-electron chi connectivity index (χ4n) is 5.73. The Morgan fingerprint density at radius 1 is 1.04 bits per heavy atom. The summed E-state index contributed by atoms with van der Waals surface area (Å²) in [6.07, 6.45) is 6.95. The zero-order chi connectivity index (χ0) is 18.3. The summed E-state index contributed by atoms with van der Waals surface area (Å²) >= 11 is 0. The third-order valence-corrected chi connectivity index (χ3v) is 6.62. The average molecular weight is 356 g/mol. The lowest BCUT2D eigenvalue weighted by molar-refractivity contribution is -0.147. The van der Waals surface area contributed by atoms with Crippen LogP contribution in [0.2, 0.25) is 0 Å². The van der Waals surface area contributed by atoms with Crippen molar-refractivity contribution in [1.29, 1.82) is 0 Å². The van der Waals surface area contributed by atoms with Gasteiger partial charge in [0, 0.05) is 11.1 Å². The van der Waals surface area contributed by atoms with Gasteiger partial charge in [-0.05, 0) is 87.5 Å². The summed E-state index contributed by atoms with van der Waals surface area (Å²) in [5.74, 6) is 2.80. The lowest BCUT2D eigenvalue weighted by atomic mass is 9.49. The fraction of sp³-hybridized carbons (Fsp3) is 0.619. The van der Waals surface area contributed by atoms with Crippen molar-refractivity contribution < 1.29 is 14.3 Å². The molecule has 0 aromatic heterocycles. The van der Waals surface area contributed by atoms with Crippen molar-refractivity contribution in [2.24, 2.45) is 23.2 Å². The van der Waals surface area contributed by atoms with Crippen molar-refractivity contribution in [3.8, 4) is 5.75 Å². The van der Waals surface area contributed by atoms with Crippen molar-refractivity contribution in [1.82, 2.24) is 5.32 Å². The zero-order valence-electron chi connectivity index (χ0n) is 15.6. The van der Waals surface area contributed by atoms with Crippen molar-refractivity contribution in [2.45, 2.75) is 51.5 Å². The molecule has 5 heteroatoms. The molecule has 4 aliphatic carbocycles. The maximum absolute atomic E-state index is 13.0. The highest BCUT2D eigenvalue weighted by atomic mass is 16.5. The minimum absolute atomic E-state index is 0.0916. The first-order valence-electron chi connectivity index (χ1n) is 9.73. The van der Waals surface area contributed by atoms with Gasteiger partial charge >= 0.3 is 0 Å². The van der Waals surface area contributed by atoms with E-state index in [0.717, 1.165) is 42.8 Å². The predicted octanol–water partition coefficient (Wildman–Crippen LogP) is 3.35. The van der Waals surface area contributed by atoms with Crippen LogP contribution in [0.25, 0.3) is 0 Å². The summed E-state index contributed by atoms with van der Waals surface area (Å²) in [5, 5.41) is 5.87. The molecule has 2 N–H and O–H groups in total. The molecule has 0 radical (unpaired) electrons. The minimum atomic E-state index is -0.544. The topological polar surface area (TPSA) is 67.4 Å². The Hall–Kier alpha value is -2.04. The number of hydrogen-bond donors (Lipinski definition) is 2. The van der Waals surface area contributed by atoms with Crippen LogP contribution >= 0.6 is 0 Å². The fourth-order valence-corrected chi connectivity index (χ4v) is 5.73. The number of carbonyl (C=O) groups is 2. The van der Waals surface area contributed by atoms with E-state index in [1.807, 2.05) is 0 Å². The van der Waals surface area contributed by atoms with Crippen LogP contribution in [-0.2, 0) is 9.59 Å². The minimum Gasteiger partial charge on any atom is -0.497 e. The van der Waals surface area contributed by atoms with Gasteiger partial charge in [-0.25, -0.2) is 0 Å². The number of rotatable bonds is 5. The molecule has 0 aliphatic heterocycles. The van der Waals surface area contributed by atoms with E-state index in [1.165, 1.54) is 19.3 Å². The molecule has 4 aliphatic rings. The van der Waals surface area contributed by atoms with Crippen LogP contribution in [0.4, 0.5) is 5.69 Å². The number of methoxy groups -OCH3 is 1. The molecule has 5 rings (SSSR count). The smallest absolute Gasteiger partial charge is 0.246 e. The molecule has 0 saturated heterocycles. The molecule has 1 aromatic carbocycles. The molecule has 2 amide bonds. The third-order valence-electron chi connectivity index (χ3n) is 6.62. The van der Waals surface area contributed by atoms with Crippen LogP contribution in [0.5, 0.6) is 5.75 Å². The highest BCUT2D eigenvalue weighted by Gasteiger charge is 2.54. The summed E-state index contributed by atoms with van der Waals surface area (Å²) in [5.41, 5.74) is 0.482. The first-order valence-corrected chi connectivity index (χ1v) is 9.73.